The molecule has 0 spiro atoms. The summed E-state index contributed by atoms with van der Waals surface area (Å²) in [5.41, 5.74) is 2.51. The van der Waals surface area contributed by atoms with Crippen LogP contribution in [0.5, 0.6) is 0 Å². The predicted octanol–water partition coefficient (Wildman–Crippen LogP) is 1.36. The van der Waals surface area contributed by atoms with Crippen molar-refractivity contribution in [1.82, 2.24) is 15.0 Å². The summed E-state index contributed by atoms with van der Waals surface area (Å²) in [6.45, 7) is 6.28. The fourth-order valence-electron chi connectivity index (χ4n) is 2.28. The average Bonchev–Trinajstić information content (AvgIpc) is 2.92. The molecule has 4 N–H and O–H groups in total. The summed E-state index contributed by atoms with van der Waals surface area (Å²) in [5, 5.41) is 3.30. The van der Waals surface area contributed by atoms with Gasteiger partial charge in [0.1, 0.15) is 0 Å². The number of anilines is 3. The van der Waals surface area contributed by atoms with Gasteiger partial charge in [0.25, 0.3) is 0 Å². The van der Waals surface area contributed by atoms with Crippen LogP contribution in [0.4, 0.5) is 17.8 Å². The molecule has 19 heavy (non-hydrogen) atoms. The molecule has 0 saturated carbocycles. The highest BCUT2D eigenvalue weighted by Crippen LogP contribution is 2.18. The van der Waals surface area contributed by atoms with Crippen LogP contribution in [0.1, 0.15) is 39.5 Å². The van der Waals surface area contributed by atoms with Crippen LogP contribution in [0, 0.1) is 0 Å². The van der Waals surface area contributed by atoms with Gasteiger partial charge in [-0.25, -0.2) is 5.84 Å². The Kier molecular flexibility index (Phi) is 4.73. The van der Waals surface area contributed by atoms with Gasteiger partial charge in [-0.1, -0.05) is 13.3 Å². The largest absolute Gasteiger partial charge is 0.352 e. The van der Waals surface area contributed by atoms with Crippen LogP contribution in [-0.4, -0.2) is 34.1 Å². The van der Waals surface area contributed by atoms with Crippen molar-refractivity contribution in [3.05, 3.63) is 0 Å². The van der Waals surface area contributed by atoms with Gasteiger partial charge in [0.15, 0.2) is 0 Å². The van der Waals surface area contributed by atoms with Crippen molar-refractivity contribution in [2.75, 3.05) is 28.7 Å². The Labute approximate surface area is 114 Å². The molecule has 1 aromatic heterocycles. The first kappa shape index (κ1) is 13.8. The van der Waals surface area contributed by atoms with Crippen molar-refractivity contribution in [2.24, 2.45) is 5.84 Å². The maximum atomic E-state index is 5.43. The minimum Gasteiger partial charge on any atom is -0.352 e. The second-order valence-electron chi connectivity index (χ2n) is 4.96. The molecule has 1 unspecified atom stereocenters. The highest BCUT2D eigenvalue weighted by molar-refractivity contribution is 5.44. The van der Waals surface area contributed by atoms with E-state index in [1.54, 1.807) is 0 Å². The normalized spacial score (nSPS) is 16.5. The molecular formula is C12H23N7. The van der Waals surface area contributed by atoms with Crippen molar-refractivity contribution in [3.8, 4) is 0 Å². The summed E-state index contributed by atoms with van der Waals surface area (Å²) in [7, 11) is 0. The third-order valence-electron chi connectivity index (χ3n) is 3.24. The van der Waals surface area contributed by atoms with E-state index in [0.717, 1.165) is 25.9 Å². The molecular weight excluding hydrogens is 242 g/mol. The molecule has 1 aliphatic heterocycles. The van der Waals surface area contributed by atoms with E-state index < -0.39 is 0 Å². The number of nitrogens with two attached hydrogens (primary N) is 1. The monoisotopic (exact) mass is 265 g/mol. The minimum atomic E-state index is 0.337. The van der Waals surface area contributed by atoms with Crippen molar-refractivity contribution in [2.45, 2.75) is 45.6 Å². The maximum Gasteiger partial charge on any atom is 0.243 e. The Morgan fingerprint density at radius 3 is 2.53 bits per heavy atom. The maximum absolute atomic E-state index is 5.43. The van der Waals surface area contributed by atoms with Crippen molar-refractivity contribution < 1.29 is 0 Å². The molecule has 1 aromatic rings. The number of hydrogen-bond donors (Lipinski definition) is 3. The molecule has 0 amide bonds. The van der Waals surface area contributed by atoms with Gasteiger partial charge in [-0.15, -0.1) is 0 Å². The molecule has 1 saturated heterocycles. The van der Waals surface area contributed by atoms with Gasteiger partial charge in [0.05, 0.1) is 0 Å². The third-order valence-corrected chi connectivity index (χ3v) is 3.24. The molecule has 0 aliphatic carbocycles. The first-order chi connectivity index (χ1) is 9.22. The molecule has 0 radical (unpaired) electrons. The number of nitrogen functional groups attached to an aromatic ring is 1. The fourth-order valence-corrected chi connectivity index (χ4v) is 2.28. The van der Waals surface area contributed by atoms with Gasteiger partial charge in [-0.2, -0.15) is 15.0 Å². The molecule has 2 rings (SSSR count). The molecule has 7 heteroatoms. The minimum absolute atomic E-state index is 0.337. The van der Waals surface area contributed by atoms with Crippen LogP contribution in [-0.2, 0) is 0 Å². The zero-order valence-electron chi connectivity index (χ0n) is 11.7. The molecule has 0 aromatic carbocycles. The lowest BCUT2D eigenvalue weighted by Gasteiger charge is -2.18. The van der Waals surface area contributed by atoms with E-state index in [2.05, 4.69) is 44.4 Å². The number of rotatable bonds is 6. The third kappa shape index (κ3) is 3.66. The van der Waals surface area contributed by atoms with E-state index in [0.29, 0.717) is 23.9 Å². The number of aromatic nitrogens is 3. The second kappa shape index (κ2) is 6.51. The van der Waals surface area contributed by atoms with Crippen molar-refractivity contribution >= 4 is 17.8 Å². The van der Waals surface area contributed by atoms with Crippen molar-refractivity contribution in [1.29, 1.82) is 0 Å². The predicted molar refractivity (Wildman–Crippen MR) is 77.1 cm³/mol. The SMILES string of the molecule is CCCC(C)Nc1nc(NN)nc(N2CCCC2)n1. The van der Waals surface area contributed by atoms with Crippen LogP contribution < -0.4 is 21.5 Å². The molecule has 7 nitrogen and oxygen atoms in total. The summed E-state index contributed by atoms with van der Waals surface area (Å²) < 4.78 is 0. The highest BCUT2D eigenvalue weighted by atomic mass is 15.4. The molecule has 1 aliphatic rings. The lowest BCUT2D eigenvalue weighted by atomic mass is 10.2. The summed E-state index contributed by atoms with van der Waals surface area (Å²) in [6, 6.07) is 0.337. The van der Waals surface area contributed by atoms with E-state index in [-0.39, 0.29) is 0 Å². The first-order valence-corrected chi connectivity index (χ1v) is 6.97. The van der Waals surface area contributed by atoms with E-state index in [4.69, 9.17) is 5.84 Å². The lowest BCUT2D eigenvalue weighted by molar-refractivity contribution is 0.682. The summed E-state index contributed by atoms with van der Waals surface area (Å²) in [6.07, 6.45) is 4.58. The summed E-state index contributed by atoms with van der Waals surface area (Å²) >= 11 is 0. The van der Waals surface area contributed by atoms with Crippen LogP contribution in [0.15, 0.2) is 0 Å². The molecule has 2 heterocycles. The Balaban J connectivity index is 2.15. The fraction of sp³-hybridized carbons (Fsp3) is 0.750. The summed E-state index contributed by atoms with van der Waals surface area (Å²) in [4.78, 5) is 15.2. The Morgan fingerprint density at radius 2 is 1.89 bits per heavy atom. The topological polar surface area (TPSA) is 92.0 Å². The van der Waals surface area contributed by atoms with E-state index in [1.165, 1.54) is 12.8 Å². The number of hydrazine groups is 1. The van der Waals surface area contributed by atoms with Gasteiger partial charge < -0.3 is 10.2 Å². The molecule has 1 atom stereocenters. The Hall–Kier alpha value is -1.63. The van der Waals surface area contributed by atoms with Gasteiger partial charge >= 0.3 is 0 Å². The highest BCUT2D eigenvalue weighted by Gasteiger charge is 2.17. The van der Waals surface area contributed by atoms with Crippen LogP contribution >= 0.6 is 0 Å². The quantitative estimate of drug-likeness (QED) is 0.528. The van der Waals surface area contributed by atoms with Gasteiger partial charge in [-0.3, -0.25) is 5.43 Å². The number of nitrogens with one attached hydrogen (secondary N) is 2. The van der Waals surface area contributed by atoms with Gasteiger partial charge in [0, 0.05) is 19.1 Å². The number of nitrogens with zero attached hydrogens (tertiary/aromatic N) is 4. The average molecular weight is 265 g/mol. The lowest BCUT2D eigenvalue weighted by Crippen LogP contribution is -2.24. The van der Waals surface area contributed by atoms with Crippen LogP contribution in [0.3, 0.4) is 0 Å². The van der Waals surface area contributed by atoms with Gasteiger partial charge in [0.2, 0.25) is 17.8 Å². The Morgan fingerprint density at radius 1 is 1.21 bits per heavy atom. The second-order valence-corrected chi connectivity index (χ2v) is 4.96. The van der Waals surface area contributed by atoms with Gasteiger partial charge in [-0.05, 0) is 26.2 Å². The van der Waals surface area contributed by atoms with E-state index >= 15 is 0 Å². The number of hydrogen-bond acceptors (Lipinski definition) is 7. The first-order valence-electron chi connectivity index (χ1n) is 6.97. The van der Waals surface area contributed by atoms with Crippen LogP contribution in [0.25, 0.3) is 0 Å². The molecule has 0 bridgehead atoms. The van der Waals surface area contributed by atoms with E-state index in [9.17, 15) is 0 Å². The van der Waals surface area contributed by atoms with Crippen molar-refractivity contribution in [3.63, 3.8) is 0 Å². The molecule has 106 valence electrons. The standard InChI is InChI=1S/C12H23N7/c1-3-6-9(2)14-10-15-11(18-13)17-12(16-10)19-7-4-5-8-19/h9H,3-8,13H2,1-2H3,(H2,14,15,16,17,18). The van der Waals surface area contributed by atoms with E-state index in [1.807, 2.05) is 0 Å². The zero-order chi connectivity index (χ0) is 13.7. The molecule has 1 fully saturated rings. The zero-order valence-corrected chi connectivity index (χ0v) is 11.7. The van der Waals surface area contributed by atoms with Crippen LogP contribution in [0.2, 0.25) is 0 Å². The smallest absolute Gasteiger partial charge is 0.243 e. The Bertz CT molecular complexity index is 403. The summed E-state index contributed by atoms with van der Waals surface area (Å²) in [5.74, 6) is 7.12.